The van der Waals surface area contributed by atoms with Gasteiger partial charge < -0.3 is 5.32 Å². The number of nitrogens with zero attached hydrogens (tertiary/aromatic N) is 4. The first-order valence-corrected chi connectivity index (χ1v) is 7.30. The molecular weight excluding hydrogens is 325 g/mol. The highest BCUT2D eigenvalue weighted by Gasteiger charge is 2.20. The number of hydrogen-bond acceptors (Lipinski definition) is 4. The molecule has 0 bridgehead atoms. The topological polar surface area (TPSA) is 81.8 Å². The summed E-state index contributed by atoms with van der Waals surface area (Å²) in [4.78, 5) is 23.9. The Labute approximate surface area is 137 Å². The minimum atomic E-state index is -0.553. The van der Waals surface area contributed by atoms with E-state index in [1.807, 2.05) is 20.8 Å². The van der Waals surface area contributed by atoms with E-state index in [2.05, 4.69) is 15.7 Å². The van der Waals surface area contributed by atoms with Crippen LogP contribution in [0.5, 0.6) is 0 Å². The molecule has 23 heavy (non-hydrogen) atoms. The zero-order valence-corrected chi connectivity index (χ0v) is 13.8. The second-order valence-corrected chi connectivity index (χ2v) is 6.43. The Morgan fingerprint density at radius 3 is 2.61 bits per heavy atom. The van der Waals surface area contributed by atoms with Crippen LogP contribution in [0.15, 0.2) is 23.0 Å². The van der Waals surface area contributed by atoms with E-state index in [4.69, 9.17) is 11.6 Å². The fraction of sp³-hybridized carbons (Fsp3) is 0.429. The normalized spacial score (nSPS) is 11.5. The van der Waals surface area contributed by atoms with E-state index in [-0.39, 0.29) is 18.1 Å². The first kappa shape index (κ1) is 17.1. The molecule has 0 saturated carbocycles. The number of amides is 1. The molecule has 1 heterocycles. The Hall–Kier alpha value is -2.22. The van der Waals surface area contributed by atoms with Gasteiger partial charge in [0.1, 0.15) is 12.4 Å². The molecule has 0 spiro atoms. The molecule has 1 aromatic carbocycles. The Kier molecular flexibility index (Phi) is 4.84. The van der Waals surface area contributed by atoms with Crippen LogP contribution in [0, 0.1) is 5.82 Å². The third kappa shape index (κ3) is 4.16. The maximum atomic E-state index is 13.3. The fourth-order valence-electron chi connectivity index (χ4n) is 1.84. The number of rotatable bonds is 4. The van der Waals surface area contributed by atoms with E-state index >= 15 is 0 Å². The molecule has 2 aromatic rings. The van der Waals surface area contributed by atoms with Crippen molar-refractivity contribution < 1.29 is 9.18 Å². The van der Waals surface area contributed by atoms with Gasteiger partial charge in [0.05, 0.1) is 10.6 Å². The number of carbonyl (C=O) groups excluding carboxylic acids is 1. The molecule has 0 aliphatic carbocycles. The lowest BCUT2D eigenvalue weighted by Gasteiger charge is -2.15. The largest absolute Gasteiger partial charge is 0.364 e. The van der Waals surface area contributed by atoms with E-state index in [1.54, 1.807) is 6.07 Å². The molecule has 1 amide bonds. The summed E-state index contributed by atoms with van der Waals surface area (Å²) in [5.41, 5.74) is -0.428. The summed E-state index contributed by atoms with van der Waals surface area (Å²) < 4.78 is 15.5. The van der Waals surface area contributed by atoms with E-state index in [1.165, 1.54) is 16.8 Å². The summed E-state index contributed by atoms with van der Waals surface area (Å²) in [6.45, 7) is 5.29. The maximum Gasteiger partial charge on any atom is 0.364 e. The number of tetrazole rings is 1. The van der Waals surface area contributed by atoms with Gasteiger partial charge >= 0.3 is 5.69 Å². The molecule has 0 fully saturated rings. The summed E-state index contributed by atoms with van der Waals surface area (Å²) in [5.74, 6) is -0.980. The maximum absolute atomic E-state index is 13.3. The summed E-state index contributed by atoms with van der Waals surface area (Å²) in [6, 6.07) is 4.26. The molecule has 1 N–H and O–H groups in total. The van der Waals surface area contributed by atoms with Gasteiger partial charge in [0, 0.05) is 6.54 Å². The van der Waals surface area contributed by atoms with Gasteiger partial charge in [-0.25, -0.2) is 9.18 Å². The Balaban J connectivity index is 1.99. The van der Waals surface area contributed by atoms with Crippen LogP contribution in [-0.4, -0.2) is 25.7 Å². The highest BCUT2D eigenvalue weighted by Crippen LogP contribution is 2.15. The van der Waals surface area contributed by atoms with Crippen molar-refractivity contribution in [2.24, 2.45) is 0 Å². The number of halogens is 2. The molecule has 0 radical (unpaired) electrons. The minimum absolute atomic E-state index is 0.0189. The van der Waals surface area contributed by atoms with E-state index < -0.39 is 23.0 Å². The SMILES string of the molecule is CC(C)(C)n1nnn(CC(=O)NCc2ccc(Cl)c(F)c2)c1=O. The number of hydrogen-bond donors (Lipinski definition) is 1. The zero-order valence-electron chi connectivity index (χ0n) is 13.0. The number of nitrogens with one attached hydrogen (secondary N) is 1. The molecule has 1 aromatic heterocycles. The van der Waals surface area contributed by atoms with Crippen LogP contribution in [0.4, 0.5) is 4.39 Å². The molecule has 2 rings (SSSR count). The Morgan fingerprint density at radius 1 is 1.35 bits per heavy atom. The van der Waals surface area contributed by atoms with Gasteiger partial charge in [0.15, 0.2) is 0 Å². The predicted octanol–water partition coefficient (Wildman–Crippen LogP) is 1.30. The van der Waals surface area contributed by atoms with Gasteiger partial charge in [0.25, 0.3) is 0 Å². The quantitative estimate of drug-likeness (QED) is 0.909. The molecule has 0 atom stereocenters. The van der Waals surface area contributed by atoms with Crippen LogP contribution in [0.25, 0.3) is 0 Å². The summed E-state index contributed by atoms with van der Waals surface area (Å²) in [7, 11) is 0. The monoisotopic (exact) mass is 341 g/mol. The Morgan fingerprint density at radius 2 is 2.04 bits per heavy atom. The molecule has 124 valence electrons. The van der Waals surface area contributed by atoms with Crippen molar-refractivity contribution in [2.45, 2.75) is 39.4 Å². The fourth-order valence-corrected chi connectivity index (χ4v) is 1.95. The first-order chi connectivity index (χ1) is 10.7. The number of carbonyl (C=O) groups is 1. The number of benzene rings is 1. The number of aromatic nitrogens is 4. The Bertz CT molecular complexity index is 778. The van der Waals surface area contributed by atoms with E-state index in [0.717, 1.165) is 4.68 Å². The molecular formula is C14H17ClFN5O2. The van der Waals surface area contributed by atoms with Crippen LogP contribution in [-0.2, 0) is 23.4 Å². The average Bonchev–Trinajstić information content (AvgIpc) is 2.81. The van der Waals surface area contributed by atoms with Crippen LogP contribution >= 0.6 is 11.6 Å². The zero-order chi connectivity index (χ0) is 17.2. The summed E-state index contributed by atoms with van der Waals surface area (Å²) in [5, 5.41) is 10.0. The second kappa shape index (κ2) is 6.49. The van der Waals surface area contributed by atoms with Crippen LogP contribution < -0.4 is 11.0 Å². The van der Waals surface area contributed by atoms with Crippen molar-refractivity contribution in [3.63, 3.8) is 0 Å². The third-order valence-electron chi connectivity index (χ3n) is 3.04. The molecule has 9 heteroatoms. The highest BCUT2D eigenvalue weighted by atomic mass is 35.5. The molecule has 0 saturated heterocycles. The molecule has 0 unspecified atom stereocenters. The minimum Gasteiger partial charge on any atom is -0.350 e. The second-order valence-electron chi connectivity index (χ2n) is 6.03. The van der Waals surface area contributed by atoms with Crippen molar-refractivity contribution in [3.8, 4) is 0 Å². The lowest BCUT2D eigenvalue weighted by molar-refractivity contribution is -0.122. The van der Waals surface area contributed by atoms with Gasteiger partial charge in [-0.15, -0.1) is 0 Å². The van der Waals surface area contributed by atoms with Crippen molar-refractivity contribution in [1.82, 2.24) is 25.1 Å². The van der Waals surface area contributed by atoms with Gasteiger partial charge in [-0.2, -0.15) is 9.36 Å². The third-order valence-corrected chi connectivity index (χ3v) is 3.35. The summed E-state index contributed by atoms with van der Waals surface area (Å²) in [6.07, 6.45) is 0. The van der Waals surface area contributed by atoms with Gasteiger partial charge in [-0.05, 0) is 48.9 Å². The van der Waals surface area contributed by atoms with Gasteiger partial charge in [-0.1, -0.05) is 17.7 Å². The lowest BCUT2D eigenvalue weighted by atomic mass is 10.1. The molecule has 7 nitrogen and oxygen atoms in total. The van der Waals surface area contributed by atoms with Crippen LogP contribution in [0.2, 0.25) is 5.02 Å². The van der Waals surface area contributed by atoms with Crippen molar-refractivity contribution in [3.05, 3.63) is 45.1 Å². The highest BCUT2D eigenvalue weighted by molar-refractivity contribution is 6.30. The van der Waals surface area contributed by atoms with Gasteiger partial charge in [-0.3, -0.25) is 4.79 Å². The molecule has 0 aliphatic rings. The summed E-state index contributed by atoms with van der Waals surface area (Å²) >= 11 is 5.59. The smallest absolute Gasteiger partial charge is 0.350 e. The van der Waals surface area contributed by atoms with E-state index in [9.17, 15) is 14.0 Å². The van der Waals surface area contributed by atoms with Crippen molar-refractivity contribution >= 4 is 17.5 Å². The van der Waals surface area contributed by atoms with Crippen LogP contribution in [0.1, 0.15) is 26.3 Å². The average molecular weight is 342 g/mol. The first-order valence-electron chi connectivity index (χ1n) is 6.92. The predicted molar refractivity (Wildman–Crippen MR) is 82.5 cm³/mol. The molecule has 0 aliphatic heterocycles. The van der Waals surface area contributed by atoms with Gasteiger partial charge in [0.2, 0.25) is 5.91 Å². The standard InChI is InChI=1S/C14H17ClFN5O2/c1-14(2,3)21-13(23)20(18-19-21)8-12(22)17-7-9-4-5-10(15)11(16)6-9/h4-6H,7-8H2,1-3H3,(H,17,22). The van der Waals surface area contributed by atoms with Crippen molar-refractivity contribution in [1.29, 1.82) is 0 Å². The lowest BCUT2D eigenvalue weighted by Crippen LogP contribution is -2.38. The van der Waals surface area contributed by atoms with Crippen molar-refractivity contribution in [2.75, 3.05) is 0 Å². The van der Waals surface area contributed by atoms with E-state index in [0.29, 0.717) is 5.56 Å². The van der Waals surface area contributed by atoms with Crippen LogP contribution in [0.3, 0.4) is 0 Å².